The zero-order valence-electron chi connectivity index (χ0n) is 15.9. The van der Waals surface area contributed by atoms with Crippen molar-refractivity contribution in [3.05, 3.63) is 64.7 Å². The minimum atomic E-state index is -4.43. The number of likely N-dealkylation sites (N-methyl/N-ethyl adjacent to an activating group) is 1. The van der Waals surface area contributed by atoms with Crippen molar-refractivity contribution in [3.8, 4) is 0 Å². The maximum absolute atomic E-state index is 13.0. The van der Waals surface area contributed by atoms with Crippen LogP contribution in [0.4, 0.5) is 18.9 Å². The predicted molar refractivity (Wildman–Crippen MR) is 102 cm³/mol. The molecule has 0 aromatic heterocycles. The number of nitrogens with one attached hydrogen (secondary N) is 1. The van der Waals surface area contributed by atoms with Crippen molar-refractivity contribution in [1.29, 1.82) is 0 Å². The highest BCUT2D eigenvalue weighted by atomic mass is 19.4. The molecular weight excluding hydrogens is 381 g/mol. The lowest BCUT2D eigenvalue weighted by Gasteiger charge is -2.19. The van der Waals surface area contributed by atoms with Gasteiger partial charge in [0.1, 0.15) is 5.92 Å². The van der Waals surface area contributed by atoms with Gasteiger partial charge in [0.2, 0.25) is 11.8 Å². The summed E-state index contributed by atoms with van der Waals surface area (Å²) < 4.78 is 38.6. The zero-order valence-corrected chi connectivity index (χ0v) is 15.9. The van der Waals surface area contributed by atoms with Crippen LogP contribution in [0.2, 0.25) is 0 Å². The lowest BCUT2D eigenvalue weighted by Crippen LogP contribution is -2.33. The van der Waals surface area contributed by atoms with Crippen molar-refractivity contribution in [2.24, 2.45) is 5.92 Å². The molecule has 1 aliphatic heterocycles. The van der Waals surface area contributed by atoms with E-state index in [0.717, 1.165) is 42.6 Å². The summed E-state index contributed by atoms with van der Waals surface area (Å²) in [5.41, 5.74) is 2.83. The van der Waals surface area contributed by atoms with E-state index < -0.39 is 29.5 Å². The van der Waals surface area contributed by atoms with Crippen LogP contribution in [0.15, 0.2) is 42.5 Å². The molecule has 0 bridgehead atoms. The quantitative estimate of drug-likeness (QED) is 0.789. The molecule has 1 heterocycles. The van der Waals surface area contributed by atoms with Crippen LogP contribution in [0.5, 0.6) is 0 Å². The molecule has 0 saturated carbocycles. The van der Waals surface area contributed by atoms with Crippen molar-refractivity contribution in [1.82, 2.24) is 4.90 Å². The van der Waals surface area contributed by atoms with Crippen LogP contribution in [0, 0.1) is 5.92 Å². The molecule has 1 fully saturated rings. The van der Waals surface area contributed by atoms with Crippen LogP contribution >= 0.6 is 0 Å². The molecule has 152 valence electrons. The van der Waals surface area contributed by atoms with Gasteiger partial charge in [0.05, 0.1) is 5.56 Å². The molecule has 2 aromatic carbocycles. The molecule has 2 aromatic rings. The van der Waals surface area contributed by atoms with Crippen LogP contribution in [-0.2, 0) is 28.6 Å². The molecule has 2 aliphatic rings. The minimum Gasteiger partial charge on any atom is -0.344 e. The van der Waals surface area contributed by atoms with Gasteiger partial charge >= 0.3 is 6.18 Å². The number of hydrogen-bond acceptors (Lipinski definition) is 2. The molecule has 1 saturated heterocycles. The largest absolute Gasteiger partial charge is 0.416 e. The first-order valence-corrected chi connectivity index (χ1v) is 9.59. The van der Waals surface area contributed by atoms with Crippen molar-refractivity contribution in [2.75, 3.05) is 18.9 Å². The Morgan fingerprint density at radius 2 is 1.83 bits per heavy atom. The smallest absolute Gasteiger partial charge is 0.344 e. The molecule has 1 aliphatic carbocycles. The number of anilines is 1. The van der Waals surface area contributed by atoms with E-state index in [1.54, 1.807) is 7.05 Å². The van der Waals surface area contributed by atoms with E-state index in [9.17, 15) is 22.8 Å². The Bertz CT molecular complexity index is 954. The highest BCUT2D eigenvalue weighted by Gasteiger charge is 2.44. The number of rotatable bonds is 3. The highest BCUT2D eigenvalue weighted by Crippen LogP contribution is 2.37. The molecule has 4 nitrogen and oxygen atoms in total. The second-order valence-electron chi connectivity index (χ2n) is 7.71. The van der Waals surface area contributed by atoms with Crippen LogP contribution in [-0.4, -0.2) is 30.3 Å². The van der Waals surface area contributed by atoms with Crippen LogP contribution in [0.25, 0.3) is 0 Å². The van der Waals surface area contributed by atoms with Gasteiger partial charge < -0.3 is 10.2 Å². The molecular formula is C22H21F3N2O2. The third kappa shape index (κ3) is 3.61. The summed E-state index contributed by atoms with van der Waals surface area (Å²) in [6.07, 6.45) is -1.54. The number of carbonyl (C=O) groups excluding carboxylic acids is 2. The van der Waals surface area contributed by atoms with Gasteiger partial charge in [-0.25, -0.2) is 0 Å². The Morgan fingerprint density at radius 3 is 2.52 bits per heavy atom. The molecule has 4 rings (SSSR count). The normalized spacial score (nSPS) is 21.4. The fraction of sp³-hybridized carbons (Fsp3) is 0.364. The van der Waals surface area contributed by atoms with Gasteiger partial charge in [-0.15, -0.1) is 0 Å². The van der Waals surface area contributed by atoms with E-state index >= 15 is 0 Å². The van der Waals surface area contributed by atoms with E-state index in [1.165, 1.54) is 22.6 Å². The maximum atomic E-state index is 13.0. The summed E-state index contributed by atoms with van der Waals surface area (Å²) in [7, 11) is 1.60. The van der Waals surface area contributed by atoms with Gasteiger partial charge in [-0.05, 0) is 54.2 Å². The second-order valence-corrected chi connectivity index (χ2v) is 7.71. The van der Waals surface area contributed by atoms with E-state index in [0.29, 0.717) is 5.56 Å². The average molecular weight is 402 g/mol. The van der Waals surface area contributed by atoms with E-state index in [-0.39, 0.29) is 12.5 Å². The fourth-order valence-corrected chi connectivity index (χ4v) is 4.36. The Balaban J connectivity index is 1.60. The van der Waals surface area contributed by atoms with E-state index in [2.05, 4.69) is 5.32 Å². The topological polar surface area (TPSA) is 49.4 Å². The first kappa shape index (κ1) is 19.5. The fourth-order valence-electron chi connectivity index (χ4n) is 4.36. The van der Waals surface area contributed by atoms with Crippen LogP contribution in [0.3, 0.4) is 0 Å². The number of alkyl halides is 3. The zero-order chi connectivity index (χ0) is 20.8. The summed E-state index contributed by atoms with van der Waals surface area (Å²) in [6, 6.07) is 10.5. The number of aryl methyl sites for hydroxylation is 1. The summed E-state index contributed by atoms with van der Waals surface area (Å²) in [5, 5.41) is 2.90. The Kier molecular flexibility index (Phi) is 4.84. The van der Waals surface area contributed by atoms with Crippen molar-refractivity contribution < 1.29 is 22.8 Å². The number of likely N-dealkylation sites (tertiary alicyclic amines) is 1. The molecule has 0 unspecified atom stereocenters. The van der Waals surface area contributed by atoms with Crippen molar-refractivity contribution in [3.63, 3.8) is 0 Å². The van der Waals surface area contributed by atoms with Gasteiger partial charge in [-0.3, -0.25) is 9.59 Å². The summed E-state index contributed by atoms with van der Waals surface area (Å²) >= 11 is 0. The Hall–Kier alpha value is -2.83. The molecule has 0 spiro atoms. The molecule has 2 amide bonds. The van der Waals surface area contributed by atoms with Gasteiger partial charge in [0.25, 0.3) is 0 Å². The third-order valence-corrected chi connectivity index (χ3v) is 5.87. The van der Waals surface area contributed by atoms with Crippen molar-refractivity contribution in [2.45, 2.75) is 31.4 Å². The molecule has 29 heavy (non-hydrogen) atoms. The number of hydrogen-bond donors (Lipinski definition) is 1. The minimum absolute atomic E-state index is 0.287. The van der Waals surface area contributed by atoms with Gasteiger partial charge in [-0.1, -0.05) is 24.3 Å². The molecule has 1 N–H and O–H groups in total. The predicted octanol–water partition coefficient (Wildman–Crippen LogP) is 4.00. The summed E-state index contributed by atoms with van der Waals surface area (Å²) in [4.78, 5) is 27.2. The van der Waals surface area contributed by atoms with E-state index in [4.69, 9.17) is 0 Å². The lowest BCUT2D eigenvalue weighted by molar-refractivity contribution is -0.138. The Labute approximate surface area is 166 Å². The monoisotopic (exact) mass is 402 g/mol. The van der Waals surface area contributed by atoms with Gasteiger partial charge in [-0.2, -0.15) is 13.2 Å². The third-order valence-electron chi connectivity index (χ3n) is 5.87. The lowest BCUT2D eigenvalue weighted by atomic mass is 9.87. The number of fused-ring (bicyclic) bond motifs is 1. The second kappa shape index (κ2) is 7.21. The number of carbonyl (C=O) groups is 2. The highest BCUT2D eigenvalue weighted by molar-refractivity contribution is 6.08. The first-order chi connectivity index (χ1) is 13.8. The van der Waals surface area contributed by atoms with E-state index in [1.807, 2.05) is 18.2 Å². The molecule has 7 heteroatoms. The number of benzene rings is 2. The summed E-state index contributed by atoms with van der Waals surface area (Å²) in [6.45, 7) is 0.287. The standard InChI is InChI=1S/C22H21F3N2O2/c1-27-12-17(14-8-10-15(11-9-14)22(23,24)25)19(21(27)29)20(28)26-18-7-3-5-13-4-2-6-16(13)18/h3,5,7-11,17,19H,2,4,6,12H2,1H3,(H,26,28)/t17-,19+/m0/s1. The van der Waals surface area contributed by atoms with Crippen LogP contribution in [0.1, 0.15) is 34.6 Å². The number of nitrogens with zero attached hydrogens (tertiary/aromatic N) is 1. The van der Waals surface area contributed by atoms with Crippen LogP contribution < -0.4 is 5.32 Å². The molecule has 0 radical (unpaired) electrons. The summed E-state index contributed by atoms with van der Waals surface area (Å²) in [5.74, 6) is -2.19. The van der Waals surface area contributed by atoms with Gasteiger partial charge in [0.15, 0.2) is 0 Å². The average Bonchev–Trinajstić information content (AvgIpc) is 3.27. The molecule has 2 atom stereocenters. The van der Waals surface area contributed by atoms with Gasteiger partial charge in [0, 0.05) is 25.2 Å². The Morgan fingerprint density at radius 1 is 1.10 bits per heavy atom. The first-order valence-electron chi connectivity index (χ1n) is 9.59. The van der Waals surface area contributed by atoms with Crippen molar-refractivity contribution >= 4 is 17.5 Å². The number of halogens is 3. The maximum Gasteiger partial charge on any atom is 0.416 e. The SMILES string of the molecule is CN1C[C@@H](c2ccc(C(F)(F)F)cc2)[C@H](C(=O)Nc2cccc3c2CCC3)C1=O. The number of amides is 2.